The van der Waals surface area contributed by atoms with Gasteiger partial charge in [0.15, 0.2) is 5.43 Å². The van der Waals surface area contributed by atoms with Crippen LogP contribution >= 0.6 is 0 Å². The van der Waals surface area contributed by atoms with Crippen molar-refractivity contribution in [1.29, 1.82) is 0 Å². The second-order valence-corrected chi connectivity index (χ2v) is 5.20. The number of nitro benzene ring substituents is 1. The SMILES string of the molecule is CCc1cc([N+](=O)[O-])c2oc(-c3ccc(N)cc3)cc(=O)c2c1. The quantitative estimate of drug-likeness (QED) is 0.453. The minimum absolute atomic E-state index is 0.00785. The summed E-state index contributed by atoms with van der Waals surface area (Å²) in [5.41, 5.74) is 7.05. The van der Waals surface area contributed by atoms with E-state index < -0.39 is 4.92 Å². The molecule has 3 rings (SSSR count). The molecule has 0 aliphatic rings. The van der Waals surface area contributed by atoms with Crippen molar-refractivity contribution < 1.29 is 9.34 Å². The Morgan fingerprint density at radius 1 is 1.17 bits per heavy atom. The Bertz CT molecular complexity index is 959. The zero-order chi connectivity index (χ0) is 16.6. The fourth-order valence-electron chi connectivity index (χ4n) is 2.43. The zero-order valence-corrected chi connectivity index (χ0v) is 12.4. The smallest absolute Gasteiger partial charge is 0.312 e. The number of nitrogen functional groups attached to an aromatic ring is 1. The first-order chi connectivity index (χ1) is 11.0. The lowest BCUT2D eigenvalue weighted by Crippen LogP contribution is -2.03. The molecule has 0 fully saturated rings. The van der Waals surface area contributed by atoms with Crippen LogP contribution in [0.4, 0.5) is 11.4 Å². The van der Waals surface area contributed by atoms with Crippen LogP contribution in [-0.2, 0) is 6.42 Å². The monoisotopic (exact) mass is 310 g/mol. The fraction of sp³-hybridized carbons (Fsp3) is 0.118. The summed E-state index contributed by atoms with van der Waals surface area (Å²) in [4.78, 5) is 23.2. The van der Waals surface area contributed by atoms with Crippen LogP contribution in [0.15, 0.2) is 51.7 Å². The summed E-state index contributed by atoms with van der Waals surface area (Å²) < 4.78 is 5.68. The summed E-state index contributed by atoms with van der Waals surface area (Å²) in [6, 6.07) is 11.2. The molecule has 0 aliphatic heterocycles. The topological polar surface area (TPSA) is 99.4 Å². The van der Waals surface area contributed by atoms with Gasteiger partial charge in [-0.2, -0.15) is 0 Å². The lowest BCUT2D eigenvalue weighted by molar-refractivity contribution is -0.383. The Kier molecular flexibility index (Phi) is 3.57. The van der Waals surface area contributed by atoms with Crippen LogP contribution < -0.4 is 11.2 Å². The van der Waals surface area contributed by atoms with Crippen molar-refractivity contribution in [2.75, 3.05) is 5.73 Å². The second kappa shape index (κ2) is 5.57. The Hall–Kier alpha value is -3.15. The molecule has 0 spiro atoms. The number of fused-ring (bicyclic) bond motifs is 1. The number of non-ortho nitro benzene ring substituents is 1. The normalized spacial score (nSPS) is 10.8. The van der Waals surface area contributed by atoms with Crippen LogP contribution in [0.25, 0.3) is 22.3 Å². The van der Waals surface area contributed by atoms with E-state index in [1.54, 1.807) is 30.3 Å². The lowest BCUT2D eigenvalue weighted by atomic mass is 10.1. The van der Waals surface area contributed by atoms with Gasteiger partial charge in [-0.15, -0.1) is 0 Å². The van der Waals surface area contributed by atoms with Gasteiger partial charge in [0.05, 0.1) is 10.3 Å². The number of nitro groups is 1. The summed E-state index contributed by atoms with van der Waals surface area (Å²) in [7, 11) is 0. The summed E-state index contributed by atoms with van der Waals surface area (Å²) in [6.45, 7) is 1.87. The Morgan fingerprint density at radius 3 is 2.48 bits per heavy atom. The van der Waals surface area contributed by atoms with E-state index in [4.69, 9.17) is 10.2 Å². The van der Waals surface area contributed by atoms with Gasteiger partial charge in [-0.25, -0.2) is 0 Å². The predicted molar refractivity (Wildman–Crippen MR) is 88.4 cm³/mol. The van der Waals surface area contributed by atoms with Crippen molar-refractivity contribution >= 4 is 22.3 Å². The Morgan fingerprint density at radius 2 is 1.87 bits per heavy atom. The van der Waals surface area contributed by atoms with Crippen LogP contribution in [0.1, 0.15) is 12.5 Å². The first-order valence-corrected chi connectivity index (χ1v) is 7.10. The maximum Gasteiger partial charge on any atom is 0.312 e. The number of benzene rings is 2. The van der Waals surface area contributed by atoms with Crippen molar-refractivity contribution in [3.05, 3.63) is 68.4 Å². The molecule has 23 heavy (non-hydrogen) atoms. The van der Waals surface area contributed by atoms with E-state index in [0.717, 1.165) is 5.56 Å². The van der Waals surface area contributed by atoms with E-state index in [0.29, 0.717) is 17.7 Å². The minimum atomic E-state index is -0.531. The molecule has 1 heterocycles. The first kappa shape index (κ1) is 14.8. The molecule has 0 aliphatic carbocycles. The highest BCUT2D eigenvalue weighted by atomic mass is 16.6. The Balaban J connectivity index is 2.32. The largest absolute Gasteiger partial charge is 0.449 e. The average Bonchev–Trinajstić information content (AvgIpc) is 2.54. The number of nitrogens with zero attached hydrogens (tertiary/aromatic N) is 1. The molecule has 0 bridgehead atoms. The van der Waals surface area contributed by atoms with Gasteiger partial charge in [-0.1, -0.05) is 6.92 Å². The van der Waals surface area contributed by atoms with E-state index in [1.807, 2.05) is 6.92 Å². The standard InChI is InChI=1S/C17H14N2O4/c1-2-10-7-13-15(20)9-16(11-3-5-12(18)6-4-11)23-17(13)14(8-10)19(21)22/h3-9H,2,18H2,1H3. The third-order valence-electron chi connectivity index (χ3n) is 3.67. The molecule has 0 saturated heterocycles. The molecule has 2 aromatic carbocycles. The van der Waals surface area contributed by atoms with Gasteiger partial charge in [-0.05, 0) is 42.3 Å². The van der Waals surface area contributed by atoms with E-state index in [1.165, 1.54) is 12.1 Å². The predicted octanol–water partition coefficient (Wildman–Crippen LogP) is 3.51. The number of nitrogens with two attached hydrogens (primary N) is 1. The highest BCUT2D eigenvalue weighted by molar-refractivity contribution is 5.87. The molecule has 116 valence electrons. The van der Waals surface area contributed by atoms with Crippen LogP contribution in [0, 0.1) is 10.1 Å². The molecular weight excluding hydrogens is 296 g/mol. The third-order valence-corrected chi connectivity index (χ3v) is 3.67. The molecule has 0 saturated carbocycles. The van der Waals surface area contributed by atoms with Crippen LogP contribution in [0.5, 0.6) is 0 Å². The highest BCUT2D eigenvalue weighted by Gasteiger charge is 2.19. The third kappa shape index (κ3) is 2.66. The van der Waals surface area contributed by atoms with Crippen molar-refractivity contribution in [2.24, 2.45) is 0 Å². The molecule has 0 unspecified atom stereocenters. The summed E-state index contributed by atoms with van der Waals surface area (Å²) in [6.07, 6.45) is 0.593. The molecule has 0 amide bonds. The van der Waals surface area contributed by atoms with Gasteiger partial charge < -0.3 is 10.2 Å². The van der Waals surface area contributed by atoms with Crippen LogP contribution in [0.2, 0.25) is 0 Å². The molecule has 2 N–H and O–H groups in total. The molecule has 6 heteroatoms. The summed E-state index contributed by atoms with van der Waals surface area (Å²) in [5, 5.41) is 11.5. The number of rotatable bonds is 3. The van der Waals surface area contributed by atoms with E-state index in [9.17, 15) is 14.9 Å². The maximum absolute atomic E-state index is 12.4. The zero-order valence-electron chi connectivity index (χ0n) is 12.4. The van der Waals surface area contributed by atoms with Gasteiger partial charge in [0.1, 0.15) is 5.76 Å². The van der Waals surface area contributed by atoms with E-state index >= 15 is 0 Å². The molecule has 3 aromatic rings. The number of hydrogen-bond donors (Lipinski definition) is 1. The van der Waals surface area contributed by atoms with Crippen molar-refractivity contribution in [3.8, 4) is 11.3 Å². The summed E-state index contributed by atoms with van der Waals surface area (Å²) in [5.74, 6) is 0.273. The minimum Gasteiger partial charge on any atom is -0.449 e. The highest BCUT2D eigenvalue weighted by Crippen LogP contribution is 2.30. The molecule has 6 nitrogen and oxygen atoms in total. The number of hydrogen-bond acceptors (Lipinski definition) is 5. The van der Waals surface area contributed by atoms with Crippen LogP contribution in [0.3, 0.4) is 0 Å². The molecule has 1 aromatic heterocycles. The van der Waals surface area contributed by atoms with Gasteiger partial charge in [0.2, 0.25) is 5.58 Å². The number of anilines is 1. The maximum atomic E-state index is 12.4. The Labute approximate surface area is 131 Å². The van der Waals surface area contributed by atoms with E-state index in [2.05, 4.69) is 0 Å². The van der Waals surface area contributed by atoms with Crippen molar-refractivity contribution in [2.45, 2.75) is 13.3 Å². The average molecular weight is 310 g/mol. The molecule has 0 atom stereocenters. The van der Waals surface area contributed by atoms with Gasteiger partial charge in [0, 0.05) is 23.4 Å². The van der Waals surface area contributed by atoms with Crippen molar-refractivity contribution in [1.82, 2.24) is 0 Å². The number of aryl methyl sites for hydroxylation is 1. The molecule has 0 radical (unpaired) electrons. The van der Waals surface area contributed by atoms with Gasteiger partial charge >= 0.3 is 5.69 Å². The van der Waals surface area contributed by atoms with Crippen molar-refractivity contribution in [3.63, 3.8) is 0 Å². The fourth-order valence-corrected chi connectivity index (χ4v) is 2.43. The lowest BCUT2D eigenvalue weighted by Gasteiger charge is -2.06. The van der Waals surface area contributed by atoms with Crippen LogP contribution in [-0.4, -0.2) is 4.92 Å². The first-order valence-electron chi connectivity index (χ1n) is 7.10. The van der Waals surface area contributed by atoms with E-state index in [-0.39, 0.29) is 27.8 Å². The summed E-state index contributed by atoms with van der Waals surface area (Å²) >= 11 is 0. The van der Waals surface area contributed by atoms with Gasteiger partial charge in [0.25, 0.3) is 0 Å². The molecular formula is C17H14N2O4. The second-order valence-electron chi connectivity index (χ2n) is 5.20. The van der Waals surface area contributed by atoms with Gasteiger partial charge in [-0.3, -0.25) is 14.9 Å².